The summed E-state index contributed by atoms with van der Waals surface area (Å²) in [6, 6.07) is 17.7. The van der Waals surface area contributed by atoms with Crippen LogP contribution in [-0.2, 0) is 16.9 Å². The van der Waals surface area contributed by atoms with Crippen molar-refractivity contribution in [3.8, 4) is 28.4 Å². The smallest absolute Gasteiger partial charge is 0.300 e. The number of benzene rings is 3. The van der Waals surface area contributed by atoms with Gasteiger partial charge in [0, 0.05) is 28.9 Å². The van der Waals surface area contributed by atoms with Crippen LogP contribution in [0, 0.1) is 0 Å². The Hall–Kier alpha value is -3.36. The first-order valence-corrected chi connectivity index (χ1v) is 11.6. The maximum absolute atomic E-state index is 11.5. The summed E-state index contributed by atoms with van der Waals surface area (Å²) in [6.45, 7) is 0. The van der Waals surface area contributed by atoms with Gasteiger partial charge in [0.25, 0.3) is 6.01 Å². The quantitative estimate of drug-likeness (QED) is 0.370. The summed E-state index contributed by atoms with van der Waals surface area (Å²) in [5, 5.41) is 3.18. The molecule has 166 valence electrons. The first-order chi connectivity index (χ1) is 15.5. The third-order valence-electron chi connectivity index (χ3n) is 4.97. The number of hydrogen-bond acceptors (Lipinski definition) is 7. The van der Waals surface area contributed by atoms with E-state index >= 15 is 0 Å². The Morgan fingerprint density at radius 3 is 2.25 bits per heavy atom. The maximum atomic E-state index is 11.5. The fraction of sp³-hybridized carbons (Fsp3) is 0.208. The van der Waals surface area contributed by atoms with Crippen LogP contribution in [0.1, 0.15) is 5.56 Å². The molecule has 0 spiro atoms. The minimum absolute atomic E-state index is 0.347. The Labute approximate surface area is 189 Å². The van der Waals surface area contributed by atoms with Crippen molar-refractivity contribution in [3.05, 3.63) is 60.2 Å². The monoisotopic (exact) mass is 452 g/mol. The Kier molecular flexibility index (Phi) is 6.43. The molecule has 1 N–H and O–H groups in total. The number of nitrogens with one attached hydrogen (secondary N) is 1. The third kappa shape index (κ3) is 4.46. The number of ether oxygens (including phenoxy) is 3. The predicted molar refractivity (Wildman–Crippen MR) is 127 cm³/mol. The van der Waals surface area contributed by atoms with Gasteiger partial charge in [-0.2, -0.15) is 4.98 Å². The summed E-state index contributed by atoms with van der Waals surface area (Å²) in [4.78, 5) is 4.57. The van der Waals surface area contributed by atoms with Gasteiger partial charge in [0.05, 0.1) is 27.6 Å². The zero-order valence-corrected chi connectivity index (χ0v) is 19.1. The van der Waals surface area contributed by atoms with Crippen molar-refractivity contribution in [2.75, 3.05) is 32.9 Å². The van der Waals surface area contributed by atoms with E-state index in [0.29, 0.717) is 40.3 Å². The van der Waals surface area contributed by atoms with Crippen molar-refractivity contribution >= 4 is 34.0 Å². The van der Waals surface area contributed by atoms with Crippen molar-refractivity contribution in [1.29, 1.82) is 0 Å². The molecule has 0 aliphatic carbocycles. The predicted octanol–water partition coefficient (Wildman–Crippen LogP) is 5.14. The molecule has 0 aliphatic rings. The first-order valence-electron chi connectivity index (χ1n) is 9.88. The molecule has 0 saturated heterocycles. The number of oxazole rings is 1. The lowest BCUT2D eigenvalue weighted by molar-refractivity contribution is 0.324. The highest BCUT2D eigenvalue weighted by Crippen LogP contribution is 2.41. The molecule has 1 heterocycles. The van der Waals surface area contributed by atoms with Gasteiger partial charge >= 0.3 is 0 Å². The SMILES string of the molecule is COc1cc(Nc2nc3cccc(-c4ccc(C[S+](C)[O-])cc4)c3o2)cc(OC)c1OC. The number of nitrogens with zero attached hydrogens (tertiary/aromatic N) is 1. The summed E-state index contributed by atoms with van der Waals surface area (Å²) in [5.41, 5.74) is 5.05. The fourth-order valence-corrected chi connectivity index (χ4v) is 4.18. The lowest BCUT2D eigenvalue weighted by atomic mass is 10.0. The maximum Gasteiger partial charge on any atom is 0.300 e. The average Bonchev–Trinajstić information content (AvgIpc) is 3.21. The highest BCUT2D eigenvalue weighted by atomic mass is 32.2. The van der Waals surface area contributed by atoms with E-state index in [-0.39, 0.29) is 0 Å². The third-order valence-corrected chi connectivity index (χ3v) is 5.71. The molecule has 0 saturated carbocycles. The second kappa shape index (κ2) is 9.42. The van der Waals surface area contributed by atoms with Gasteiger partial charge in [0.1, 0.15) is 11.3 Å². The summed E-state index contributed by atoms with van der Waals surface area (Å²) in [5.74, 6) is 2.10. The van der Waals surface area contributed by atoms with Crippen LogP contribution in [0.2, 0.25) is 0 Å². The number of aromatic nitrogens is 1. The Morgan fingerprint density at radius 1 is 0.969 bits per heavy atom. The van der Waals surface area contributed by atoms with Gasteiger partial charge in [-0.25, -0.2) is 0 Å². The van der Waals surface area contributed by atoms with Crippen molar-refractivity contribution in [2.24, 2.45) is 0 Å². The Morgan fingerprint density at radius 2 is 1.66 bits per heavy atom. The van der Waals surface area contributed by atoms with Gasteiger partial charge in [0.2, 0.25) is 5.75 Å². The number of rotatable bonds is 8. The minimum Gasteiger partial charge on any atom is -0.616 e. The lowest BCUT2D eigenvalue weighted by Gasteiger charge is -2.14. The first kappa shape index (κ1) is 21.9. The van der Waals surface area contributed by atoms with Gasteiger partial charge in [-0.1, -0.05) is 47.6 Å². The van der Waals surface area contributed by atoms with Crippen LogP contribution in [-0.4, -0.2) is 37.1 Å². The molecule has 1 atom stereocenters. The van der Waals surface area contributed by atoms with E-state index in [4.69, 9.17) is 18.6 Å². The van der Waals surface area contributed by atoms with E-state index in [9.17, 15) is 4.55 Å². The molecule has 7 nitrogen and oxygen atoms in total. The molecule has 3 aromatic carbocycles. The number of fused-ring (bicyclic) bond motifs is 1. The second-order valence-corrected chi connectivity index (χ2v) is 8.56. The van der Waals surface area contributed by atoms with E-state index in [2.05, 4.69) is 10.3 Å². The van der Waals surface area contributed by atoms with Crippen molar-refractivity contribution in [3.63, 3.8) is 0 Å². The standard InChI is InChI=1S/C24H24N2O5S/c1-28-20-12-17(13-21(29-2)23(20)30-3)25-24-26-19-7-5-6-18(22(19)31-24)16-10-8-15(9-11-16)14-32(4)27/h5-13H,14H2,1-4H3,(H,25,26). The van der Waals surface area contributed by atoms with E-state index < -0.39 is 11.2 Å². The molecule has 1 unspecified atom stereocenters. The average molecular weight is 453 g/mol. The molecular formula is C24H24N2O5S. The van der Waals surface area contributed by atoms with Crippen LogP contribution in [0.3, 0.4) is 0 Å². The van der Waals surface area contributed by atoms with Crippen LogP contribution in [0.25, 0.3) is 22.2 Å². The molecule has 0 radical (unpaired) electrons. The zero-order valence-electron chi connectivity index (χ0n) is 18.3. The number of methoxy groups -OCH3 is 3. The molecule has 1 aromatic heterocycles. The minimum atomic E-state index is -0.876. The Balaban J connectivity index is 1.67. The number of anilines is 2. The lowest BCUT2D eigenvalue weighted by Crippen LogP contribution is -2.00. The van der Waals surface area contributed by atoms with Crippen LogP contribution in [0.4, 0.5) is 11.7 Å². The van der Waals surface area contributed by atoms with Crippen molar-refractivity contribution < 1.29 is 23.2 Å². The van der Waals surface area contributed by atoms with Crippen molar-refractivity contribution in [1.82, 2.24) is 4.98 Å². The van der Waals surface area contributed by atoms with E-state index in [1.165, 1.54) is 0 Å². The van der Waals surface area contributed by atoms with Crippen LogP contribution >= 0.6 is 0 Å². The van der Waals surface area contributed by atoms with Gasteiger partial charge < -0.3 is 28.5 Å². The molecular weight excluding hydrogens is 428 g/mol. The van der Waals surface area contributed by atoms with Crippen LogP contribution < -0.4 is 19.5 Å². The molecule has 4 aromatic rings. The molecule has 0 aliphatic heterocycles. The summed E-state index contributed by atoms with van der Waals surface area (Å²) >= 11 is -0.876. The molecule has 32 heavy (non-hydrogen) atoms. The second-order valence-electron chi connectivity index (χ2n) is 7.13. The number of para-hydroxylation sites is 1. The van der Waals surface area contributed by atoms with Crippen LogP contribution in [0.15, 0.2) is 59.0 Å². The molecule has 8 heteroatoms. The van der Waals surface area contributed by atoms with Gasteiger partial charge in [-0.05, 0) is 11.6 Å². The van der Waals surface area contributed by atoms with E-state index in [1.54, 1.807) is 39.7 Å². The van der Waals surface area contributed by atoms with Crippen LogP contribution in [0.5, 0.6) is 17.2 Å². The fourth-order valence-electron chi connectivity index (χ4n) is 3.52. The van der Waals surface area contributed by atoms with Crippen molar-refractivity contribution in [2.45, 2.75) is 5.75 Å². The Bertz CT molecular complexity index is 1200. The van der Waals surface area contributed by atoms with Gasteiger partial charge in [-0.15, -0.1) is 0 Å². The largest absolute Gasteiger partial charge is 0.616 e. The normalized spacial score (nSPS) is 11.9. The topological polar surface area (TPSA) is 88.8 Å². The highest BCUT2D eigenvalue weighted by Gasteiger charge is 2.16. The van der Waals surface area contributed by atoms with Gasteiger partial charge in [-0.3, -0.25) is 0 Å². The molecule has 0 amide bonds. The summed E-state index contributed by atoms with van der Waals surface area (Å²) in [7, 11) is 4.69. The number of hydrogen-bond donors (Lipinski definition) is 1. The van der Waals surface area contributed by atoms with E-state index in [1.807, 2.05) is 42.5 Å². The zero-order chi connectivity index (χ0) is 22.7. The molecule has 0 fully saturated rings. The highest BCUT2D eigenvalue weighted by molar-refractivity contribution is 7.89. The molecule has 4 rings (SSSR count). The van der Waals surface area contributed by atoms with Gasteiger partial charge in [0.15, 0.2) is 17.1 Å². The van der Waals surface area contributed by atoms with E-state index in [0.717, 1.165) is 22.2 Å². The molecule has 0 bridgehead atoms. The summed E-state index contributed by atoms with van der Waals surface area (Å²) < 4.78 is 33.7. The summed E-state index contributed by atoms with van der Waals surface area (Å²) in [6.07, 6.45) is 1.70.